The van der Waals surface area contributed by atoms with Gasteiger partial charge < -0.3 is 0 Å². The molecule has 0 saturated carbocycles. The third kappa shape index (κ3) is 4.65. The van der Waals surface area contributed by atoms with Crippen molar-refractivity contribution >= 4 is 41.2 Å². The molecular formula is C28H36N2OSiSn. The monoisotopic (exact) mass is 564 g/mol. The predicted octanol–water partition coefficient (Wildman–Crippen LogP) is 7.89. The van der Waals surface area contributed by atoms with E-state index in [9.17, 15) is 0 Å². The molecule has 172 valence electrons. The van der Waals surface area contributed by atoms with Gasteiger partial charge in [0.05, 0.1) is 0 Å². The quantitative estimate of drug-likeness (QED) is 0.231. The molecule has 2 aromatic carbocycles. The maximum atomic E-state index is 6.26. The first-order valence-corrected chi connectivity index (χ1v) is 24.7. The molecule has 0 bridgehead atoms. The van der Waals surface area contributed by atoms with Crippen molar-refractivity contribution in [3.8, 4) is 22.6 Å². The molecule has 3 nitrogen and oxygen atoms in total. The zero-order valence-electron chi connectivity index (χ0n) is 21.2. The number of para-hydroxylation sites is 2. The molecule has 0 aliphatic carbocycles. The molecule has 0 atom stereocenters. The Hall–Kier alpha value is -2.05. The molecule has 0 amide bonds. The van der Waals surface area contributed by atoms with Crippen molar-refractivity contribution < 1.29 is 4.74 Å². The van der Waals surface area contributed by atoms with Crippen molar-refractivity contribution in [2.75, 3.05) is 0 Å². The number of aromatic nitrogens is 2. The van der Waals surface area contributed by atoms with E-state index in [2.05, 4.69) is 77.3 Å². The van der Waals surface area contributed by atoms with Crippen LogP contribution in [0.1, 0.15) is 20.8 Å². The molecule has 5 heteroatoms. The first-order chi connectivity index (χ1) is 15.4. The summed E-state index contributed by atoms with van der Waals surface area (Å²) < 4.78 is 10.4. The summed E-state index contributed by atoms with van der Waals surface area (Å²) in [6.45, 7) is 12.0. The van der Waals surface area contributed by atoms with Crippen LogP contribution >= 0.6 is 0 Å². The number of hydrogen-bond acceptors (Lipinski definition) is 2. The summed E-state index contributed by atoms with van der Waals surface area (Å²) >= 11 is -2.40. The summed E-state index contributed by atoms with van der Waals surface area (Å²) in [5.74, 6) is 1.70. The number of fused-ring (bicyclic) bond motifs is 1. The Morgan fingerprint density at radius 3 is 2.18 bits per heavy atom. The van der Waals surface area contributed by atoms with Crippen molar-refractivity contribution in [2.45, 2.75) is 53.7 Å². The second-order valence-corrected chi connectivity index (χ2v) is 31.0. The fourth-order valence-electron chi connectivity index (χ4n) is 4.05. The Morgan fingerprint density at radius 1 is 0.909 bits per heavy atom. The Morgan fingerprint density at radius 2 is 1.55 bits per heavy atom. The molecule has 0 spiro atoms. The third-order valence-electron chi connectivity index (χ3n) is 7.06. The zero-order valence-corrected chi connectivity index (χ0v) is 25.1. The topological polar surface area (TPSA) is 27.1 Å². The summed E-state index contributed by atoms with van der Waals surface area (Å²) in [6.07, 6.45) is 4.50. The van der Waals surface area contributed by atoms with Crippen LogP contribution in [0.3, 0.4) is 0 Å². The number of benzene rings is 2. The Kier molecular flexibility index (Phi) is 6.29. The Balaban J connectivity index is 1.90. The van der Waals surface area contributed by atoms with Crippen molar-refractivity contribution in [1.29, 1.82) is 0 Å². The molecule has 2 aromatic heterocycles. The molecule has 2 heterocycles. The van der Waals surface area contributed by atoms with Crippen LogP contribution in [-0.2, 0) is 0 Å². The molecule has 0 aliphatic rings. The first kappa shape index (κ1) is 24.1. The number of rotatable bonds is 5. The van der Waals surface area contributed by atoms with Crippen LogP contribution in [0.25, 0.3) is 22.2 Å². The Bertz CT molecular complexity index is 1280. The van der Waals surface area contributed by atoms with Crippen LogP contribution in [0.4, 0.5) is 0 Å². The molecule has 0 unspecified atom stereocenters. The summed E-state index contributed by atoms with van der Waals surface area (Å²) in [4.78, 5) is 12.6. The minimum atomic E-state index is -2.40. The number of nitrogens with zero attached hydrogens (tertiary/aromatic N) is 2. The molecule has 0 N–H and O–H groups in total. The second kappa shape index (κ2) is 8.62. The predicted molar refractivity (Wildman–Crippen MR) is 147 cm³/mol. The number of ether oxygens (including phenoxy) is 1. The van der Waals surface area contributed by atoms with E-state index in [1.807, 2.05) is 48.7 Å². The van der Waals surface area contributed by atoms with Gasteiger partial charge in [-0.2, -0.15) is 0 Å². The summed E-state index contributed by atoms with van der Waals surface area (Å²) in [6, 6.07) is 20.6. The van der Waals surface area contributed by atoms with Gasteiger partial charge in [-0.25, -0.2) is 0 Å². The molecule has 0 radical (unpaired) electrons. The van der Waals surface area contributed by atoms with Crippen LogP contribution in [0.2, 0.25) is 33.0 Å². The normalized spacial score (nSPS) is 12.8. The molecule has 0 saturated heterocycles. The van der Waals surface area contributed by atoms with Gasteiger partial charge >= 0.3 is 205 Å². The second-order valence-electron chi connectivity index (χ2n) is 11.5. The third-order valence-corrected chi connectivity index (χ3v) is 18.0. The van der Waals surface area contributed by atoms with E-state index in [-0.39, 0.29) is 5.04 Å². The van der Waals surface area contributed by atoms with Gasteiger partial charge in [-0.1, -0.05) is 0 Å². The average molecular weight is 563 g/mol. The van der Waals surface area contributed by atoms with E-state index >= 15 is 0 Å². The van der Waals surface area contributed by atoms with Crippen molar-refractivity contribution in [3.05, 3.63) is 73.1 Å². The summed E-state index contributed by atoms with van der Waals surface area (Å²) in [5, 5.41) is 1.57. The molecule has 0 aliphatic heterocycles. The molecule has 33 heavy (non-hydrogen) atoms. The molecule has 4 rings (SSSR count). The van der Waals surface area contributed by atoms with E-state index < -0.39 is 26.6 Å². The van der Waals surface area contributed by atoms with E-state index in [4.69, 9.17) is 9.72 Å². The van der Waals surface area contributed by atoms with E-state index in [1.165, 1.54) is 5.39 Å². The SMILES string of the molecule is CC(C)(C)[Si](C)(C)n1c[c]([Sn]([CH3])([CH3])[CH3])c2cc(-c3ccccc3Oc3ccccc3)cnc21. The number of hydrogen-bond donors (Lipinski definition) is 0. The van der Waals surface area contributed by atoms with Gasteiger partial charge in [0.2, 0.25) is 0 Å². The zero-order chi connectivity index (χ0) is 24.0. The van der Waals surface area contributed by atoms with Crippen LogP contribution in [0.15, 0.2) is 73.1 Å². The van der Waals surface area contributed by atoms with Crippen molar-refractivity contribution in [3.63, 3.8) is 0 Å². The van der Waals surface area contributed by atoms with E-state index in [0.29, 0.717) is 0 Å². The fraction of sp³-hybridized carbons (Fsp3) is 0.321. The van der Waals surface area contributed by atoms with Gasteiger partial charge in [-0.3, -0.25) is 0 Å². The van der Waals surface area contributed by atoms with E-state index in [0.717, 1.165) is 28.3 Å². The van der Waals surface area contributed by atoms with Gasteiger partial charge in [0, 0.05) is 0 Å². The van der Waals surface area contributed by atoms with Gasteiger partial charge in [0.25, 0.3) is 0 Å². The minimum absolute atomic E-state index is 0.236. The van der Waals surface area contributed by atoms with Crippen molar-refractivity contribution in [2.24, 2.45) is 0 Å². The van der Waals surface area contributed by atoms with Crippen molar-refractivity contribution in [1.82, 2.24) is 9.22 Å². The first-order valence-electron chi connectivity index (χ1n) is 11.7. The van der Waals surface area contributed by atoms with Crippen LogP contribution < -0.4 is 8.32 Å². The molecular weight excluding hydrogens is 527 g/mol. The summed E-state index contributed by atoms with van der Waals surface area (Å²) in [7, 11) is -1.80. The molecule has 4 aromatic rings. The van der Waals surface area contributed by atoms with Gasteiger partial charge in [-0.05, 0) is 0 Å². The van der Waals surface area contributed by atoms with Gasteiger partial charge in [0.15, 0.2) is 0 Å². The van der Waals surface area contributed by atoms with Crippen LogP contribution in [-0.4, -0.2) is 35.8 Å². The average Bonchev–Trinajstić information content (AvgIpc) is 3.14. The Labute approximate surface area is 203 Å². The van der Waals surface area contributed by atoms with Gasteiger partial charge in [0.1, 0.15) is 0 Å². The summed E-state index contributed by atoms with van der Waals surface area (Å²) in [5.41, 5.74) is 3.33. The van der Waals surface area contributed by atoms with Crippen LogP contribution in [0, 0.1) is 0 Å². The van der Waals surface area contributed by atoms with E-state index in [1.54, 1.807) is 3.58 Å². The standard InChI is InChI=1S/C25H27N2OSi.3CH3.Sn/c1-25(2,3)29(4,5)27-16-15-19-17-20(18-26-24(19)27)22-13-9-10-14-23(22)28-21-11-7-6-8-12-21;;;;/h6-14,16-18H,1-5H3;3*1H3;. The van der Waals surface area contributed by atoms with Gasteiger partial charge in [-0.15, -0.1) is 0 Å². The fourth-order valence-corrected chi connectivity index (χ4v) is 10.6. The number of pyridine rings is 1. The van der Waals surface area contributed by atoms with Crippen LogP contribution in [0.5, 0.6) is 11.5 Å². The molecule has 0 fully saturated rings. The maximum absolute atomic E-state index is 6.26.